The number of aromatic nitrogens is 1. The lowest BCUT2D eigenvalue weighted by Gasteiger charge is -2.09. The van der Waals surface area contributed by atoms with E-state index in [4.69, 9.17) is 9.15 Å². The highest BCUT2D eigenvalue weighted by molar-refractivity contribution is 5.76. The highest BCUT2D eigenvalue weighted by Crippen LogP contribution is 2.24. The molecular formula is C15H14N2O4. The molecule has 0 radical (unpaired) electrons. The maximum atomic E-state index is 11.1. The minimum absolute atomic E-state index is 0.195. The number of fused-ring (bicyclic) bond motifs is 1. The SMILES string of the molecule is COc1ccc(O)c(CNc2ccc3oc(=O)[nH]c3c2)c1. The Labute approximate surface area is 120 Å². The van der Waals surface area contributed by atoms with E-state index in [9.17, 15) is 9.90 Å². The Morgan fingerprint density at radius 3 is 2.95 bits per heavy atom. The van der Waals surface area contributed by atoms with Gasteiger partial charge in [-0.25, -0.2) is 4.79 Å². The van der Waals surface area contributed by atoms with E-state index in [0.717, 1.165) is 11.3 Å². The Balaban J connectivity index is 1.81. The number of anilines is 1. The Kier molecular flexibility index (Phi) is 3.27. The number of nitrogens with one attached hydrogen (secondary N) is 2. The fourth-order valence-electron chi connectivity index (χ4n) is 2.09. The van der Waals surface area contributed by atoms with Gasteiger partial charge in [-0.15, -0.1) is 0 Å². The molecule has 3 N–H and O–H groups in total. The summed E-state index contributed by atoms with van der Waals surface area (Å²) in [4.78, 5) is 13.7. The molecule has 6 nitrogen and oxygen atoms in total. The van der Waals surface area contributed by atoms with Crippen LogP contribution in [0, 0.1) is 0 Å². The van der Waals surface area contributed by atoms with Crippen LogP contribution in [0.15, 0.2) is 45.6 Å². The molecule has 0 amide bonds. The molecule has 0 aliphatic carbocycles. The number of hydrogen-bond acceptors (Lipinski definition) is 5. The molecule has 0 saturated carbocycles. The average Bonchev–Trinajstić information content (AvgIpc) is 2.85. The third-order valence-corrected chi connectivity index (χ3v) is 3.19. The summed E-state index contributed by atoms with van der Waals surface area (Å²) in [5.41, 5.74) is 2.66. The van der Waals surface area contributed by atoms with Crippen molar-refractivity contribution < 1.29 is 14.3 Å². The van der Waals surface area contributed by atoms with Gasteiger partial charge in [0.2, 0.25) is 0 Å². The molecule has 0 unspecified atom stereocenters. The number of ether oxygens (including phenoxy) is 1. The number of benzene rings is 2. The van der Waals surface area contributed by atoms with E-state index < -0.39 is 5.76 Å². The van der Waals surface area contributed by atoms with E-state index in [-0.39, 0.29) is 5.75 Å². The van der Waals surface area contributed by atoms with Crippen LogP contribution >= 0.6 is 0 Å². The number of oxazole rings is 1. The van der Waals surface area contributed by atoms with Gasteiger partial charge in [-0.2, -0.15) is 0 Å². The average molecular weight is 286 g/mol. The number of aromatic amines is 1. The highest BCUT2D eigenvalue weighted by Gasteiger charge is 2.05. The zero-order valence-corrected chi connectivity index (χ0v) is 11.3. The molecule has 3 rings (SSSR count). The second kappa shape index (κ2) is 5.24. The normalized spacial score (nSPS) is 10.7. The van der Waals surface area contributed by atoms with Gasteiger partial charge in [0, 0.05) is 17.8 Å². The van der Waals surface area contributed by atoms with Crippen LogP contribution in [0.4, 0.5) is 5.69 Å². The lowest BCUT2D eigenvalue weighted by atomic mass is 10.2. The van der Waals surface area contributed by atoms with Crippen molar-refractivity contribution in [2.75, 3.05) is 12.4 Å². The van der Waals surface area contributed by atoms with Gasteiger partial charge >= 0.3 is 5.76 Å². The molecule has 1 heterocycles. The van der Waals surface area contributed by atoms with Crippen molar-refractivity contribution in [3.05, 3.63) is 52.5 Å². The zero-order chi connectivity index (χ0) is 14.8. The summed E-state index contributed by atoms with van der Waals surface area (Å²) in [5.74, 6) is 0.396. The number of phenolic OH excluding ortho intramolecular Hbond substituents is 1. The molecule has 0 bridgehead atoms. The minimum Gasteiger partial charge on any atom is -0.508 e. The van der Waals surface area contributed by atoms with Crippen LogP contribution in [-0.2, 0) is 6.54 Å². The lowest BCUT2D eigenvalue weighted by Crippen LogP contribution is -2.00. The fourth-order valence-corrected chi connectivity index (χ4v) is 2.09. The largest absolute Gasteiger partial charge is 0.508 e. The first kappa shape index (κ1) is 13.1. The number of phenols is 1. The van der Waals surface area contributed by atoms with Crippen LogP contribution in [0.2, 0.25) is 0 Å². The minimum atomic E-state index is -0.479. The van der Waals surface area contributed by atoms with Gasteiger partial charge in [-0.05, 0) is 36.4 Å². The van der Waals surface area contributed by atoms with E-state index in [1.54, 1.807) is 43.5 Å². The molecule has 0 atom stereocenters. The summed E-state index contributed by atoms with van der Waals surface area (Å²) in [7, 11) is 1.58. The topological polar surface area (TPSA) is 87.5 Å². The molecule has 1 aromatic heterocycles. The molecule has 0 saturated heterocycles. The van der Waals surface area contributed by atoms with Crippen LogP contribution in [0.25, 0.3) is 11.1 Å². The molecule has 0 spiro atoms. The molecule has 21 heavy (non-hydrogen) atoms. The van der Waals surface area contributed by atoms with Crippen molar-refractivity contribution in [1.29, 1.82) is 0 Å². The van der Waals surface area contributed by atoms with Crippen LogP contribution in [0.1, 0.15) is 5.56 Å². The monoisotopic (exact) mass is 286 g/mol. The Morgan fingerprint density at radius 1 is 1.29 bits per heavy atom. The molecule has 2 aromatic carbocycles. The van der Waals surface area contributed by atoms with E-state index >= 15 is 0 Å². The number of rotatable bonds is 4. The molecule has 3 aromatic rings. The number of H-pyrrole nitrogens is 1. The first-order valence-corrected chi connectivity index (χ1v) is 6.38. The fraction of sp³-hybridized carbons (Fsp3) is 0.133. The third kappa shape index (κ3) is 2.69. The summed E-state index contributed by atoms with van der Waals surface area (Å²) in [5, 5.41) is 13.0. The molecule has 6 heteroatoms. The summed E-state index contributed by atoms with van der Waals surface area (Å²) in [6.07, 6.45) is 0. The maximum Gasteiger partial charge on any atom is 0.417 e. The van der Waals surface area contributed by atoms with Gasteiger partial charge in [-0.1, -0.05) is 0 Å². The quantitative estimate of drug-likeness (QED) is 0.685. The third-order valence-electron chi connectivity index (χ3n) is 3.19. The zero-order valence-electron chi connectivity index (χ0n) is 11.3. The summed E-state index contributed by atoms with van der Waals surface area (Å²) in [6, 6.07) is 10.3. The van der Waals surface area contributed by atoms with Crippen molar-refractivity contribution in [2.24, 2.45) is 0 Å². The van der Waals surface area contributed by atoms with E-state index in [1.165, 1.54) is 0 Å². The molecular weight excluding hydrogens is 272 g/mol. The first-order chi connectivity index (χ1) is 10.2. The number of methoxy groups -OCH3 is 1. The van der Waals surface area contributed by atoms with E-state index in [1.807, 2.05) is 0 Å². The van der Waals surface area contributed by atoms with Crippen molar-refractivity contribution in [1.82, 2.24) is 4.98 Å². The Bertz CT molecular complexity index is 835. The lowest BCUT2D eigenvalue weighted by molar-refractivity contribution is 0.411. The van der Waals surface area contributed by atoms with Crippen molar-refractivity contribution in [3.63, 3.8) is 0 Å². The second-order valence-corrected chi connectivity index (χ2v) is 4.57. The molecule has 108 valence electrons. The number of aromatic hydroxyl groups is 1. The van der Waals surface area contributed by atoms with Crippen molar-refractivity contribution >= 4 is 16.8 Å². The van der Waals surface area contributed by atoms with Crippen molar-refractivity contribution in [2.45, 2.75) is 6.54 Å². The summed E-state index contributed by atoms with van der Waals surface area (Å²) < 4.78 is 10.1. The molecule has 0 aliphatic rings. The smallest absolute Gasteiger partial charge is 0.417 e. The maximum absolute atomic E-state index is 11.1. The van der Waals surface area contributed by atoms with E-state index in [2.05, 4.69) is 10.3 Å². The predicted octanol–water partition coefficient (Wildman–Crippen LogP) is 2.45. The van der Waals surface area contributed by atoms with Gasteiger partial charge in [-0.3, -0.25) is 4.98 Å². The van der Waals surface area contributed by atoms with Gasteiger partial charge in [0.25, 0.3) is 0 Å². The van der Waals surface area contributed by atoms with Gasteiger partial charge in [0.1, 0.15) is 11.5 Å². The molecule has 0 fully saturated rings. The van der Waals surface area contributed by atoms with Crippen molar-refractivity contribution in [3.8, 4) is 11.5 Å². The standard InChI is InChI=1S/C15H14N2O4/c1-20-11-3-4-13(18)9(6-11)8-16-10-2-5-14-12(7-10)17-15(19)21-14/h2-7,16,18H,8H2,1H3,(H,17,19). The number of hydrogen-bond donors (Lipinski definition) is 3. The molecule has 0 aliphatic heterocycles. The first-order valence-electron chi connectivity index (χ1n) is 6.38. The summed E-state index contributed by atoms with van der Waals surface area (Å²) >= 11 is 0. The van der Waals surface area contributed by atoms with Gasteiger partial charge < -0.3 is 19.6 Å². The van der Waals surface area contributed by atoms with Crippen LogP contribution in [0.5, 0.6) is 11.5 Å². The highest BCUT2D eigenvalue weighted by atomic mass is 16.5. The Morgan fingerprint density at radius 2 is 2.14 bits per heavy atom. The van der Waals surface area contributed by atoms with E-state index in [0.29, 0.717) is 23.4 Å². The van der Waals surface area contributed by atoms with Crippen LogP contribution < -0.4 is 15.8 Å². The van der Waals surface area contributed by atoms with Crippen LogP contribution in [0.3, 0.4) is 0 Å². The van der Waals surface area contributed by atoms with Gasteiger partial charge in [0.15, 0.2) is 5.58 Å². The predicted molar refractivity (Wildman–Crippen MR) is 78.8 cm³/mol. The van der Waals surface area contributed by atoms with Gasteiger partial charge in [0.05, 0.1) is 12.6 Å². The Hall–Kier alpha value is -2.89. The summed E-state index contributed by atoms with van der Waals surface area (Å²) in [6.45, 7) is 0.427. The van der Waals surface area contributed by atoms with Crippen LogP contribution in [-0.4, -0.2) is 17.2 Å². The second-order valence-electron chi connectivity index (χ2n) is 4.57.